The number of imide groups is 1. The van der Waals surface area contributed by atoms with E-state index in [0.29, 0.717) is 11.1 Å². The quantitative estimate of drug-likeness (QED) is 0.620. The van der Waals surface area contributed by atoms with Crippen molar-refractivity contribution in [2.24, 2.45) is 0 Å². The average Bonchev–Trinajstić information content (AvgIpc) is 2.74. The summed E-state index contributed by atoms with van der Waals surface area (Å²) in [5.74, 6) is 5.63. The number of fused-ring (bicyclic) bond motifs is 1. The Morgan fingerprint density at radius 1 is 0.818 bits per heavy atom. The summed E-state index contributed by atoms with van der Waals surface area (Å²) in [5.41, 5.74) is 0.976. The van der Waals surface area contributed by atoms with Crippen LogP contribution in [0.15, 0.2) is 24.3 Å². The molecule has 1 aromatic rings. The lowest BCUT2D eigenvalue weighted by Crippen LogP contribution is -2.30. The standard InChI is InChI=1S/C18H20N2O2/c21-17-15-9-3-4-10-16(15)18(22)20(17)14-8-7-13-19-11-5-1-2-6-12-19/h3-4,9-10H,1-2,5-6,11-14H2. The number of benzene rings is 1. The highest BCUT2D eigenvalue weighted by Gasteiger charge is 2.34. The van der Waals surface area contributed by atoms with Crippen molar-refractivity contribution in [2.75, 3.05) is 26.2 Å². The Labute approximate surface area is 131 Å². The van der Waals surface area contributed by atoms with Crippen molar-refractivity contribution in [3.63, 3.8) is 0 Å². The summed E-state index contributed by atoms with van der Waals surface area (Å²) < 4.78 is 0. The summed E-state index contributed by atoms with van der Waals surface area (Å²) in [5, 5.41) is 0. The van der Waals surface area contributed by atoms with E-state index >= 15 is 0 Å². The van der Waals surface area contributed by atoms with Crippen LogP contribution >= 0.6 is 0 Å². The van der Waals surface area contributed by atoms with Gasteiger partial charge in [0.15, 0.2) is 0 Å². The summed E-state index contributed by atoms with van der Waals surface area (Å²) in [4.78, 5) is 27.9. The molecule has 0 atom stereocenters. The van der Waals surface area contributed by atoms with Crippen LogP contribution in [0, 0.1) is 11.8 Å². The molecule has 0 saturated carbocycles. The maximum atomic E-state index is 12.2. The molecule has 1 saturated heterocycles. The van der Waals surface area contributed by atoms with Crippen LogP contribution in [0.2, 0.25) is 0 Å². The molecular weight excluding hydrogens is 276 g/mol. The molecule has 4 heteroatoms. The molecule has 2 aliphatic rings. The van der Waals surface area contributed by atoms with E-state index in [-0.39, 0.29) is 18.4 Å². The first-order valence-electron chi connectivity index (χ1n) is 7.90. The van der Waals surface area contributed by atoms with Gasteiger partial charge in [-0.3, -0.25) is 19.4 Å². The van der Waals surface area contributed by atoms with Gasteiger partial charge >= 0.3 is 0 Å². The molecule has 2 amide bonds. The molecule has 0 N–H and O–H groups in total. The predicted octanol–water partition coefficient (Wildman–Crippen LogP) is 2.16. The van der Waals surface area contributed by atoms with Gasteiger partial charge < -0.3 is 0 Å². The molecule has 2 heterocycles. The number of nitrogens with zero attached hydrogens (tertiary/aromatic N) is 2. The van der Waals surface area contributed by atoms with Gasteiger partial charge in [0.2, 0.25) is 0 Å². The number of likely N-dealkylation sites (tertiary alicyclic amines) is 1. The summed E-state index contributed by atoms with van der Waals surface area (Å²) >= 11 is 0. The first-order chi connectivity index (χ1) is 10.8. The second kappa shape index (κ2) is 6.76. The topological polar surface area (TPSA) is 40.6 Å². The summed E-state index contributed by atoms with van der Waals surface area (Å²) in [6.07, 6.45) is 5.08. The van der Waals surface area contributed by atoms with E-state index in [1.807, 2.05) is 0 Å². The van der Waals surface area contributed by atoms with E-state index in [1.165, 1.54) is 30.6 Å². The molecule has 0 aliphatic carbocycles. The van der Waals surface area contributed by atoms with Crippen molar-refractivity contribution in [3.8, 4) is 11.8 Å². The van der Waals surface area contributed by atoms with Crippen molar-refractivity contribution < 1.29 is 9.59 Å². The maximum Gasteiger partial charge on any atom is 0.262 e. The summed E-state index contributed by atoms with van der Waals surface area (Å²) in [6, 6.07) is 6.94. The van der Waals surface area contributed by atoms with Crippen LogP contribution in [-0.4, -0.2) is 47.8 Å². The number of carbonyl (C=O) groups excluding carboxylic acids is 2. The lowest BCUT2D eigenvalue weighted by Gasteiger charge is -2.15. The largest absolute Gasteiger partial charge is 0.292 e. The highest BCUT2D eigenvalue weighted by atomic mass is 16.2. The Bertz CT molecular complexity index is 599. The number of hydrogen-bond acceptors (Lipinski definition) is 3. The molecular formula is C18H20N2O2. The van der Waals surface area contributed by atoms with Crippen LogP contribution < -0.4 is 0 Å². The molecule has 0 bridgehead atoms. The third kappa shape index (κ3) is 3.05. The monoisotopic (exact) mass is 296 g/mol. The lowest BCUT2D eigenvalue weighted by molar-refractivity contribution is 0.0675. The average molecular weight is 296 g/mol. The van der Waals surface area contributed by atoms with Gasteiger partial charge in [-0.15, -0.1) is 0 Å². The van der Waals surface area contributed by atoms with Crippen molar-refractivity contribution >= 4 is 11.8 Å². The van der Waals surface area contributed by atoms with Gasteiger partial charge in [0.05, 0.1) is 24.2 Å². The highest BCUT2D eigenvalue weighted by molar-refractivity contribution is 6.21. The third-order valence-electron chi connectivity index (χ3n) is 4.24. The molecule has 1 aromatic carbocycles. The van der Waals surface area contributed by atoms with Crippen LogP contribution in [0.4, 0.5) is 0 Å². The van der Waals surface area contributed by atoms with Crippen LogP contribution in [0.5, 0.6) is 0 Å². The second-order valence-electron chi connectivity index (χ2n) is 5.79. The van der Waals surface area contributed by atoms with E-state index in [0.717, 1.165) is 19.6 Å². The van der Waals surface area contributed by atoms with Gasteiger partial charge in [-0.05, 0) is 38.1 Å². The van der Waals surface area contributed by atoms with Gasteiger partial charge in [-0.25, -0.2) is 0 Å². The van der Waals surface area contributed by atoms with E-state index in [2.05, 4.69) is 16.7 Å². The van der Waals surface area contributed by atoms with Gasteiger partial charge in [0.25, 0.3) is 11.8 Å². The van der Waals surface area contributed by atoms with E-state index in [1.54, 1.807) is 24.3 Å². The lowest BCUT2D eigenvalue weighted by atomic mass is 10.1. The maximum absolute atomic E-state index is 12.2. The summed E-state index contributed by atoms with van der Waals surface area (Å²) in [7, 11) is 0. The fraction of sp³-hybridized carbons (Fsp3) is 0.444. The fourth-order valence-electron chi connectivity index (χ4n) is 2.98. The van der Waals surface area contributed by atoms with Crippen LogP contribution in [-0.2, 0) is 0 Å². The number of hydrogen-bond donors (Lipinski definition) is 0. The van der Waals surface area contributed by atoms with Gasteiger partial charge in [0.1, 0.15) is 0 Å². The molecule has 0 spiro atoms. The Morgan fingerprint density at radius 2 is 1.36 bits per heavy atom. The van der Waals surface area contributed by atoms with Gasteiger partial charge in [0, 0.05) is 0 Å². The molecule has 0 unspecified atom stereocenters. The van der Waals surface area contributed by atoms with Gasteiger partial charge in [-0.2, -0.15) is 0 Å². The fourth-order valence-corrected chi connectivity index (χ4v) is 2.98. The molecule has 22 heavy (non-hydrogen) atoms. The number of rotatable bonds is 2. The Morgan fingerprint density at radius 3 is 1.95 bits per heavy atom. The Balaban J connectivity index is 1.58. The molecule has 2 aliphatic heterocycles. The zero-order chi connectivity index (χ0) is 15.4. The minimum atomic E-state index is -0.232. The van der Waals surface area contributed by atoms with Gasteiger partial charge in [-0.1, -0.05) is 36.8 Å². The molecule has 0 radical (unpaired) electrons. The Hall–Kier alpha value is -2.12. The number of carbonyl (C=O) groups is 2. The van der Waals surface area contributed by atoms with Crippen molar-refractivity contribution in [3.05, 3.63) is 35.4 Å². The van der Waals surface area contributed by atoms with Crippen LogP contribution in [0.3, 0.4) is 0 Å². The molecule has 3 rings (SSSR count). The van der Waals surface area contributed by atoms with E-state index in [4.69, 9.17) is 0 Å². The van der Waals surface area contributed by atoms with E-state index in [9.17, 15) is 9.59 Å². The zero-order valence-electron chi connectivity index (χ0n) is 12.7. The second-order valence-corrected chi connectivity index (χ2v) is 5.79. The van der Waals surface area contributed by atoms with Crippen molar-refractivity contribution in [1.82, 2.24) is 9.80 Å². The molecule has 0 aromatic heterocycles. The molecule has 1 fully saturated rings. The predicted molar refractivity (Wildman–Crippen MR) is 84.5 cm³/mol. The van der Waals surface area contributed by atoms with Crippen molar-refractivity contribution in [1.29, 1.82) is 0 Å². The zero-order valence-corrected chi connectivity index (χ0v) is 12.7. The third-order valence-corrected chi connectivity index (χ3v) is 4.24. The summed E-state index contributed by atoms with van der Waals surface area (Å²) in [6.45, 7) is 3.10. The number of amides is 2. The Kier molecular flexibility index (Phi) is 4.55. The molecule has 114 valence electrons. The normalized spacial score (nSPS) is 18.6. The smallest absolute Gasteiger partial charge is 0.262 e. The van der Waals surface area contributed by atoms with Crippen LogP contribution in [0.1, 0.15) is 46.4 Å². The van der Waals surface area contributed by atoms with Crippen LogP contribution in [0.25, 0.3) is 0 Å². The highest BCUT2D eigenvalue weighted by Crippen LogP contribution is 2.21. The van der Waals surface area contributed by atoms with E-state index < -0.39 is 0 Å². The first-order valence-corrected chi connectivity index (χ1v) is 7.90. The minimum Gasteiger partial charge on any atom is -0.292 e. The SMILES string of the molecule is O=C1c2ccccc2C(=O)N1CC#CCN1CCCCCC1. The first kappa shape index (κ1) is 14.8. The minimum absolute atomic E-state index is 0.181. The van der Waals surface area contributed by atoms with Crippen molar-refractivity contribution in [2.45, 2.75) is 25.7 Å². The molecule has 4 nitrogen and oxygen atoms in total.